The second-order valence-electron chi connectivity index (χ2n) is 5.69. The molecule has 1 saturated carbocycles. The fraction of sp³-hybridized carbons (Fsp3) is 0.846. The van der Waals surface area contributed by atoms with Gasteiger partial charge in [0.25, 0.3) is 5.92 Å². The Labute approximate surface area is 116 Å². The third-order valence-corrected chi connectivity index (χ3v) is 4.13. The fourth-order valence-electron chi connectivity index (χ4n) is 2.85. The molecular weight excluding hydrogens is 270 g/mol. The van der Waals surface area contributed by atoms with Gasteiger partial charge in [0.05, 0.1) is 5.92 Å². The summed E-state index contributed by atoms with van der Waals surface area (Å²) >= 11 is 0. The second-order valence-corrected chi connectivity index (χ2v) is 5.69. The Morgan fingerprint density at radius 3 is 2.45 bits per heavy atom. The van der Waals surface area contributed by atoms with Crippen molar-refractivity contribution in [1.82, 2.24) is 10.2 Å². The average Bonchev–Trinajstić information content (AvgIpc) is 2.38. The zero-order valence-corrected chi connectivity index (χ0v) is 11.3. The van der Waals surface area contributed by atoms with Gasteiger partial charge in [0.1, 0.15) is 0 Å². The van der Waals surface area contributed by atoms with E-state index in [1.807, 2.05) is 0 Å². The molecule has 0 bridgehead atoms. The van der Waals surface area contributed by atoms with Gasteiger partial charge in [-0.25, -0.2) is 13.6 Å². The molecule has 20 heavy (non-hydrogen) atoms. The summed E-state index contributed by atoms with van der Waals surface area (Å²) in [5.41, 5.74) is 0. The maximum absolute atomic E-state index is 13.0. The second kappa shape index (κ2) is 5.93. The van der Waals surface area contributed by atoms with E-state index in [2.05, 4.69) is 5.32 Å². The number of rotatable bonds is 2. The number of hydrogen-bond acceptors (Lipinski definition) is 2. The molecule has 2 rings (SSSR count). The van der Waals surface area contributed by atoms with Crippen LogP contribution in [0.5, 0.6) is 0 Å². The van der Waals surface area contributed by atoms with Gasteiger partial charge in [0.2, 0.25) is 0 Å². The van der Waals surface area contributed by atoms with Crippen molar-refractivity contribution in [2.24, 2.45) is 5.92 Å². The molecule has 2 aliphatic rings. The number of aliphatic carboxylic acids is 1. The molecule has 2 atom stereocenters. The Morgan fingerprint density at radius 2 is 1.85 bits per heavy atom. The van der Waals surface area contributed by atoms with Crippen LogP contribution in [0.2, 0.25) is 0 Å². The van der Waals surface area contributed by atoms with E-state index in [0.717, 1.165) is 12.8 Å². The number of hydrogen-bond donors (Lipinski definition) is 2. The number of amides is 2. The molecule has 5 nitrogen and oxygen atoms in total. The predicted octanol–water partition coefficient (Wildman–Crippen LogP) is 2.07. The first-order valence-electron chi connectivity index (χ1n) is 7.03. The lowest BCUT2D eigenvalue weighted by atomic mass is 9.86. The molecule has 2 N–H and O–H groups in total. The highest BCUT2D eigenvalue weighted by Gasteiger charge is 2.36. The Hall–Kier alpha value is -1.40. The summed E-state index contributed by atoms with van der Waals surface area (Å²) in [5.74, 6) is -3.92. The van der Waals surface area contributed by atoms with Crippen LogP contribution in [0.3, 0.4) is 0 Å². The highest BCUT2D eigenvalue weighted by Crippen LogP contribution is 2.28. The van der Waals surface area contributed by atoms with Crippen LogP contribution in [-0.2, 0) is 4.79 Å². The average molecular weight is 290 g/mol. The number of nitrogens with zero attached hydrogens (tertiary/aromatic N) is 1. The molecule has 2 fully saturated rings. The van der Waals surface area contributed by atoms with Gasteiger partial charge in [-0.3, -0.25) is 4.79 Å². The van der Waals surface area contributed by atoms with Crippen LogP contribution in [0.15, 0.2) is 0 Å². The topological polar surface area (TPSA) is 69.6 Å². The van der Waals surface area contributed by atoms with Gasteiger partial charge >= 0.3 is 12.0 Å². The Kier molecular flexibility index (Phi) is 4.45. The normalized spacial score (nSPS) is 29.8. The van der Waals surface area contributed by atoms with Crippen molar-refractivity contribution in [3.8, 4) is 0 Å². The van der Waals surface area contributed by atoms with E-state index in [9.17, 15) is 18.4 Å². The van der Waals surface area contributed by atoms with Crippen molar-refractivity contribution in [1.29, 1.82) is 0 Å². The summed E-state index contributed by atoms with van der Waals surface area (Å²) in [6.45, 7) is 0.0990. The van der Waals surface area contributed by atoms with Gasteiger partial charge in [-0.15, -0.1) is 0 Å². The van der Waals surface area contributed by atoms with Crippen molar-refractivity contribution in [3.05, 3.63) is 0 Å². The summed E-state index contributed by atoms with van der Waals surface area (Å²) in [6.07, 6.45) is 1.97. The van der Waals surface area contributed by atoms with Gasteiger partial charge in [-0.05, 0) is 19.3 Å². The number of likely N-dealkylation sites (tertiary alicyclic amines) is 1. The molecule has 1 saturated heterocycles. The van der Waals surface area contributed by atoms with Crippen LogP contribution in [-0.4, -0.2) is 47.1 Å². The van der Waals surface area contributed by atoms with Crippen LogP contribution in [0.25, 0.3) is 0 Å². The van der Waals surface area contributed by atoms with E-state index in [1.54, 1.807) is 0 Å². The summed E-state index contributed by atoms with van der Waals surface area (Å²) in [6, 6.07) is -0.517. The molecule has 114 valence electrons. The highest BCUT2D eigenvalue weighted by atomic mass is 19.3. The molecule has 2 amide bonds. The monoisotopic (exact) mass is 290 g/mol. The molecule has 1 heterocycles. The Morgan fingerprint density at radius 1 is 1.20 bits per heavy atom. The number of nitrogens with one attached hydrogen (secondary N) is 1. The SMILES string of the molecule is O=C(O)[C@@H]1CCC[C@H](NC(=O)N2CCC(F)(F)CC2)C1. The van der Waals surface area contributed by atoms with Gasteiger partial charge < -0.3 is 15.3 Å². The number of carboxylic acids is 1. The third kappa shape index (κ3) is 3.80. The van der Waals surface area contributed by atoms with Crippen LogP contribution in [0.4, 0.5) is 13.6 Å². The van der Waals surface area contributed by atoms with Gasteiger partial charge in [-0.1, -0.05) is 6.42 Å². The van der Waals surface area contributed by atoms with Gasteiger partial charge in [0, 0.05) is 32.0 Å². The lowest BCUT2D eigenvalue weighted by molar-refractivity contribution is -0.143. The molecule has 0 radical (unpaired) electrons. The maximum atomic E-state index is 13.0. The van der Waals surface area contributed by atoms with Crippen molar-refractivity contribution < 1.29 is 23.5 Å². The molecule has 0 unspecified atom stereocenters. The lowest BCUT2D eigenvalue weighted by Crippen LogP contribution is -2.50. The van der Waals surface area contributed by atoms with Crippen LogP contribution in [0.1, 0.15) is 38.5 Å². The van der Waals surface area contributed by atoms with Crippen LogP contribution in [0, 0.1) is 5.92 Å². The molecule has 0 spiro atoms. The quantitative estimate of drug-likeness (QED) is 0.818. The number of urea groups is 1. The minimum absolute atomic E-state index is 0.0495. The molecule has 0 aromatic rings. The van der Waals surface area contributed by atoms with Crippen molar-refractivity contribution in [2.75, 3.05) is 13.1 Å². The first-order chi connectivity index (χ1) is 9.37. The number of carboxylic acid groups (broad SMARTS) is 1. The number of carbonyl (C=O) groups is 2. The maximum Gasteiger partial charge on any atom is 0.317 e. The Bertz CT molecular complexity index is 380. The van der Waals surface area contributed by atoms with Gasteiger partial charge in [-0.2, -0.15) is 0 Å². The largest absolute Gasteiger partial charge is 0.481 e. The van der Waals surface area contributed by atoms with Gasteiger partial charge in [0.15, 0.2) is 0 Å². The zero-order chi connectivity index (χ0) is 14.8. The summed E-state index contributed by atoms with van der Waals surface area (Å²) in [7, 11) is 0. The smallest absolute Gasteiger partial charge is 0.317 e. The lowest BCUT2D eigenvalue weighted by Gasteiger charge is -2.34. The standard InChI is InChI=1S/C13H20F2N2O3/c14-13(15)4-6-17(7-5-13)12(20)16-10-3-1-2-9(8-10)11(18)19/h9-10H,1-8H2,(H,16,20)(H,18,19)/t9-,10+/m1/s1. The van der Waals surface area contributed by atoms with Crippen molar-refractivity contribution >= 4 is 12.0 Å². The molecule has 0 aromatic carbocycles. The number of carbonyl (C=O) groups excluding carboxylic acids is 1. The number of alkyl halides is 2. The van der Waals surface area contributed by atoms with E-state index in [0.29, 0.717) is 12.8 Å². The minimum atomic E-state index is -2.67. The molecule has 1 aliphatic heterocycles. The number of piperidine rings is 1. The Balaban J connectivity index is 1.81. The molecule has 0 aromatic heterocycles. The number of halogens is 2. The van der Waals surface area contributed by atoms with E-state index in [1.165, 1.54) is 4.90 Å². The summed E-state index contributed by atoms with van der Waals surface area (Å²) < 4.78 is 26.0. The third-order valence-electron chi connectivity index (χ3n) is 4.13. The van der Waals surface area contributed by atoms with E-state index < -0.39 is 17.8 Å². The summed E-state index contributed by atoms with van der Waals surface area (Å²) in [5, 5.41) is 11.8. The van der Waals surface area contributed by atoms with Crippen molar-refractivity contribution in [2.45, 2.75) is 50.5 Å². The highest BCUT2D eigenvalue weighted by molar-refractivity contribution is 5.75. The van der Waals surface area contributed by atoms with Crippen LogP contribution >= 0.6 is 0 Å². The zero-order valence-electron chi connectivity index (χ0n) is 11.3. The first kappa shape index (κ1) is 15.0. The fourth-order valence-corrected chi connectivity index (χ4v) is 2.85. The minimum Gasteiger partial charge on any atom is -0.481 e. The van der Waals surface area contributed by atoms with E-state index >= 15 is 0 Å². The molecule has 1 aliphatic carbocycles. The first-order valence-corrected chi connectivity index (χ1v) is 7.03. The predicted molar refractivity (Wildman–Crippen MR) is 67.7 cm³/mol. The molecule has 7 heteroatoms. The van der Waals surface area contributed by atoms with E-state index in [4.69, 9.17) is 5.11 Å². The summed E-state index contributed by atoms with van der Waals surface area (Å²) in [4.78, 5) is 24.3. The van der Waals surface area contributed by atoms with E-state index in [-0.39, 0.29) is 38.0 Å². The molecular formula is C13H20F2N2O3. The van der Waals surface area contributed by atoms with Crippen LogP contribution < -0.4 is 5.32 Å². The van der Waals surface area contributed by atoms with Crippen molar-refractivity contribution in [3.63, 3.8) is 0 Å².